The second-order valence-corrected chi connectivity index (χ2v) is 3.60. The first kappa shape index (κ1) is 10.6. The van der Waals surface area contributed by atoms with E-state index in [1.54, 1.807) is 12.1 Å². The Bertz CT molecular complexity index is 465. The molecule has 0 radical (unpaired) electrons. The molecule has 1 aromatic heterocycles. The first-order valence-corrected chi connectivity index (χ1v) is 5.03. The van der Waals surface area contributed by atoms with Crippen LogP contribution >= 0.6 is 0 Å². The Morgan fingerprint density at radius 1 is 1.00 bits per heavy atom. The predicted octanol–water partition coefficient (Wildman–Crippen LogP) is 2.62. The predicted molar refractivity (Wildman–Crippen MR) is 61.9 cm³/mol. The van der Waals surface area contributed by atoms with Crippen LogP contribution < -0.4 is 5.06 Å². The highest BCUT2D eigenvalue weighted by Gasteiger charge is 2.09. The number of rotatable bonds is 2. The van der Waals surface area contributed by atoms with Crippen molar-refractivity contribution >= 4 is 11.6 Å². The summed E-state index contributed by atoms with van der Waals surface area (Å²) >= 11 is 0. The summed E-state index contributed by atoms with van der Waals surface area (Å²) in [6.45, 7) is 3.74. The molecule has 0 atom stereocenters. The van der Waals surface area contributed by atoms with Crippen LogP contribution in [0.15, 0.2) is 36.4 Å². The van der Waals surface area contributed by atoms with Gasteiger partial charge in [0, 0.05) is 11.4 Å². The number of para-hydroxylation sites is 1. The Morgan fingerprint density at radius 2 is 1.56 bits per heavy atom. The van der Waals surface area contributed by atoms with E-state index in [4.69, 9.17) is 0 Å². The van der Waals surface area contributed by atoms with Crippen LogP contribution in [0.2, 0.25) is 0 Å². The molecule has 0 saturated carbocycles. The maximum Gasteiger partial charge on any atom is 0.254 e. The van der Waals surface area contributed by atoms with E-state index in [-0.39, 0.29) is 0 Å². The molecule has 16 heavy (non-hydrogen) atoms. The molecular weight excluding hydrogens is 202 g/mol. The second kappa shape index (κ2) is 4.28. The zero-order chi connectivity index (χ0) is 11.5. The van der Waals surface area contributed by atoms with Gasteiger partial charge >= 0.3 is 0 Å². The van der Waals surface area contributed by atoms with Crippen LogP contribution in [0.3, 0.4) is 0 Å². The van der Waals surface area contributed by atoms with Gasteiger partial charge in [0.05, 0.1) is 5.69 Å². The van der Waals surface area contributed by atoms with Crippen LogP contribution in [-0.2, 0) is 0 Å². The standard InChI is InChI=1S/C12H13N3O/c1-9-8-10(2)14-12(13-9)15(16)11-6-4-3-5-7-11/h3-8,16H,1-2H3. The van der Waals surface area contributed by atoms with E-state index in [2.05, 4.69) is 9.97 Å². The lowest BCUT2D eigenvalue weighted by atomic mass is 10.3. The van der Waals surface area contributed by atoms with Crippen molar-refractivity contribution in [1.29, 1.82) is 0 Å². The summed E-state index contributed by atoms with van der Waals surface area (Å²) < 4.78 is 0. The van der Waals surface area contributed by atoms with E-state index in [1.807, 2.05) is 38.1 Å². The van der Waals surface area contributed by atoms with Crippen LogP contribution in [0.5, 0.6) is 0 Å². The van der Waals surface area contributed by atoms with Gasteiger partial charge in [0.15, 0.2) is 0 Å². The molecule has 4 nitrogen and oxygen atoms in total. The topological polar surface area (TPSA) is 49.2 Å². The summed E-state index contributed by atoms with van der Waals surface area (Å²) in [5.74, 6) is 0.295. The highest BCUT2D eigenvalue weighted by atomic mass is 16.5. The molecule has 2 rings (SSSR count). The molecule has 2 aromatic rings. The van der Waals surface area contributed by atoms with Crippen molar-refractivity contribution in [2.24, 2.45) is 0 Å². The highest BCUT2D eigenvalue weighted by Crippen LogP contribution is 2.19. The lowest BCUT2D eigenvalue weighted by Crippen LogP contribution is -2.14. The number of aryl methyl sites for hydroxylation is 2. The first-order chi connectivity index (χ1) is 7.66. The summed E-state index contributed by atoms with van der Waals surface area (Å²) in [5, 5.41) is 10.9. The lowest BCUT2D eigenvalue weighted by molar-refractivity contribution is 0.293. The molecule has 0 unspecified atom stereocenters. The number of nitrogens with zero attached hydrogens (tertiary/aromatic N) is 3. The Balaban J connectivity index is 2.37. The van der Waals surface area contributed by atoms with Crippen molar-refractivity contribution < 1.29 is 5.21 Å². The van der Waals surface area contributed by atoms with E-state index < -0.39 is 0 Å². The van der Waals surface area contributed by atoms with Gasteiger partial charge in [-0.15, -0.1) is 0 Å². The molecule has 0 amide bonds. The Morgan fingerprint density at radius 3 is 2.12 bits per heavy atom. The molecule has 4 heteroatoms. The van der Waals surface area contributed by atoms with Gasteiger partial charge in [-0.3, -0.25) is 5.21 Å². The minimum Gasteiger partial charge on any atom is -0.281 e. The average molecular weight is 215 g/mol. The van der Waals surface area contributed by atoms with Crippen LogP contribution in [0.25, 0.3) is 0 Å². The molecule has 0 saturated heterocycles. The SMILES string of the molecule is Cc1cc(C)nc(N(O)c2ccccc2)n1. The van der Waals surface area contributed by atoms with E-state index >= 15 is 0 Å². The summed E-state index contributed by atoms with van der Waals surface area (Å²) in [5.41, 5.74) is 2.31. The maximum atomic E-state index is 9.95. The zero-order valence-corrected chi connectivity index (χ0v) is 9.25. The van der Waals surface area contributed by atoms with Crippen molar-refractivity contribution in [1.82, 2.24) is 9.97 Å². The third-order valence-electron chi connectivity index (χ3n) is 2.16. The van der Waals surface area contributed by atoms with Crippen LogP contribution in [0.4, 0.5) is 11.6 Å². The van der Waals surface area contributed by atoms with Crippen LogP contribution in [0, 0.1) is 13.8 Å². The van der Waals surface area contributed by atoms with Gasteiger partial charge in [-0.25, -0.2) is 9.97 Å². The normalized spacial score (nSPS) is 10.2. The summed E-state index contributed by atoms with van der Waals surface area (Å²) in [4.78, 5) is 8.35. The van der Waals surface area contributed by atoms with Gasteiger partial charge in [-0.05, 0) is 32.0 Å². The van der Waals surface area contributed by atoms with Gasteiger partial charge in [0.25, 0.3) is 5.95 Å². The smallest absolute Gasteiger partial charge is 0.254 e. The van der Waals surface area contributed by atoms with Gasteiger partial charge < -0.3 is 0 Å². The van der Waals surface area contributed by atoms with Crippen molar-refractivity contribution in [3.8, 4) is 0 Å². The number of aromatic nitrogens is 2. The first-order valence-electron chi connectivity index (χ1n) is 5.03. The van der Waals surface area contributed by atoms with Crippen molar-refractivity contribution in [2.75, 3.05) is 5.06 Å². The van der Waals surface area contributed by atoms with E-state index in [0.717, 1.165) is 16.5 Å². The molecular formula is C12H13N3O. The van der Waals surface area contributed by atoms with Gasteiger partial charge in [-0.2, -0.15) is 5.06 Å². The zero-order valence-electron chi connectivity index (χ0n) is 9.25. The van der Waals surface area contributed by atoms with Gasteiger partial charge in [0.1, 0.15) is 0 Å². The van der Waals surface area contributed by atoms with E-state index in [9.17, 15) is 5.21 Å². The number of hydrogen-bond donors (Lipinski definition) is 1. The van der Waals surface area contributed by atoms with Crippen molar-refractivity contribution in [3.05, 3.63) is 47.8 Å². The molecule has 0 spiro atoms. The minimum absolute atomic E-state index is 0.295. The second-order valence-electron chi connectivity index (χ2n) is 3.60. The average Bonchev–Trinajstić information content (AvgIpc) is 2.28. The molecule has 82 valence electrons. The lowest BCUT2D eigenvalue weighted by Gasteiger charge is -2.15. The molecule has 0 aliphatic heterocycles. The fraction of sp³-hybridized carbons (Fsp3) is 0.167. The molecule has 0 fully saturated rings. The molecule has 0 bridgehead atoms. The van der Waals surface area contributed by atoms with Gasteiger partial charge in [-0.1, -0.05) is 18.2 Å². The monoisotopic (exact) mass is 215 g/mol. The minimum atomic E-state index is 0.295. The molecule has 0 aliphatic carbocycles. The summed E-state index contributed by atoms with van der Waals surface area (Å²) in [7, 11) is 0. The Kier molecular flexibility index (Phi) is 2.83. The molecule has 0 aliphatic rings. The van der Waals surface area contributed by atoms with Gasteiger partial charge in [0.2, 0.25) is 0 Å². The number of benzene rings is 1. The third-order valence-corrected chi connectivity index (χ3v) is 2.16. The maximum absolute atomic E-state index is 9.95. The van der Waals surface area contributed by atoms with Crippen molar-refractivity contribution in [2.45, 2.75) is 13.8 Å². The summed E-state index contributed by atoms with van der Waals surface area (Å²) in [6, 6.07) is 11.0. The highest BCUT2D eigenvalue weighted by molar-refractivity contribution is 5.53. The van der Waals surface area contributed by atoms with Crippen molar-refractivity contribution in [3.63, 3.8) is 0 Å². The largest absolute Gasteiger partial charge is 0.281 e. The fourth-order valence-electron chi connectivity index (χ4n) is 1.49. The molecule has 1 N–H and O–H groups in total. The Hall–Kier alpha value is -1.94. The third kappa shape index (κ3) is 2.17. The Labute approximate surface area is 94.2 Å². The quantitative estimate of drug-likeness (QED) is 0.782. The van der Waals surface area contributed by atoms with Crippen LogP contribution in [-0.4, -0.2) is 15.2 Å². The summed E-state index contributed by atoms with van der Waals surface area (Å²) in [6.07, 6.45) is 0. The van der Waals surface area contributed by atoms with Crippen LogP contribution in [0.1, 0.15) is 11.4 Å². The van der Waals surface area contributed by atoms with E-state index in [0.29, 0.717) is 11.6 Å². The number of hydrogen-bond acceptors (Lipinski definition) is 4. The van der Waals surface area contributed by atoms with E-state index in [1.165, 1.54) is 0 Å². The number of anilines is 2. The molecule has 1 heterocycles. The fourth-order valence-corrected chi connectivity index (χ4v) is 1.49. The molecule has 1 aromatic carbocycles.